The molecule has 0 spiro atoms. The van der Waals surface area contributed by atoms with Crippen LogP contribution in [0.25, 0.3) is 0 Å². The Bertz CT molecular complexity index is 485. The molecule has 0 aliphatic heterocycles. The molecule has 0 saturated heterocycles. The standard InChI is InChI=1S/C13H21N5/c1-5-12(13-14-6-7-15-13)16-9(2)11-8-18(4)17-10(11)3/h6-9,12,16H,5H2,1-4H3,(H,14,15). The average molecular weight is 247 g/mol. The molecule has 0 aromatic carbocycles. The van der Waals surface area contributed by atoms with Crippen LogP contribution in [-0.2, 0) is 7.05 Å². The third kappa shape index (κ3) is 2.61. The summed E-state index contributed by atoms with van der Waals surface area (Å²) in [7, 11) is 1.95. The van der Waals surface area contributed by atoms with Crippen LogP contribution < -0.4 is 5.32 Å². The summed E-state index contributed by atoms with van der Waals surface area (Å²) in [5.74, 6) is 0.992. The molecule has 0 aliphatic carbocycles. The van der Waals surface area contributed by atoms with E-state index < -0.39 is 0 Å². The van der Waals surface area contributed by atoms with E-state index in [2.05, 4.69) is 40.4 Å². The molecule has 2 aromatic rings. The number of hydrogen-bond donors (Lipinski definition) is 2. The van der Waals surface area contributed by atoms with Gasteiger partial charge in [-0.1, -0.05) is 6.92 Å². The number of H-pyrrole nitrogens is 1. The number of nitrogens with zero attached hydrogens (tertiary/aromatic N) is 3. The number of aryl methyl sites for hydroxylation is 2. The Morgan fingerprint density at radius 3 is 2.78 bits per heavy atom. The van der Waals surface area contributed by atoms with Crippen LogP contribution in [0.4, 0.5) is 0 Å². The first-order valence-electron chi connectivity index (χ1n) is 6.37. The van der Waals surface area contributed by atoms with Gasteiger partial charge in [-0.15, -0.1) is 0 Å². The van der Waals surface area contributed by atoms with Crippen molar-refractivity contribution in [3.63, 3.8) is 0 Å². The number of aromatic nitrogens is 4. The predicted molar refractivity (Wildman–Crippen MR) is 71.1 cm³/mol. The first-order valence-corrected chi connectivity index (χ1v) is 6.37. The Kier molecular flexibility index (Phi) is 3.81. The summed E-state index contributed by atoms with van der Waals surface area (Å²) in [6.07, 6.45) is 6.72. The summed E-state index contributed by atoms with van der Waals surface area (Å²) >= 11 is 0. The highest BCUT2D eigenvalue weighted by Gasteiger charge is 2.18. The maximum Gasteiger partial charge on any atom is 0.123 e. The second-order valence-corrected chi connectivity index (χ2v) is 4.67. The minimum Gasteiger partial charge on any atom is -0.347 e. The molecule has 98 valence electrons. The Morgan fingerprint density at radius 2 is 2.28 bits per heavy atom. The summed E-state index contributed by atoms with van der Waals surface area (Å²) in [5, 5.41) is 7.97. The summed E-state index contributed by atoms with van der Waals surface area (Å²) in [4.78, 5) is 7.49. The van der Waals surface area contributed by atoms with Gasteiger partial charge < -0.3 is 10.3 Å². The average Bonchev–Trinajstić information content (AvgIpc) is 2.95. The van der Waals surface area contributed by atoms with Gasteiger partial charge in [0.2, 0.25) is 0 Å². The van der Waals surface area contributed by atoms with Gasteiger partial charge in [0.15, 0.2) is 0 Å². The minimum absolute atomic E-state index is 0.245. The minimum atomic E-state index is 0.245. The van der Waals surface area contributed by atoms with Crippen molar-refractivity contribution >= 4 is 0 Å². The van der Waals surface area contributed by atoms with Gasteiger partial charge in [-0.2, -0.15) is 5.10 Å². The second-order valence-electron chi connectivity index (χ2n) is 4.67. The van der Waals surface area contributed by atoms with E-state index in [-0.39, 0.29) is 12.1 Å². The fourth-order valence-corrected chi connectivity index (χ4v) is 2.29. The van der Waals surface area contributed by atoms with E-state index in [4.69, 9.17) is 0 Å². The van der Waals surface area contributed by atoms with Crippen LogP contribution in [0.3, 0.4) is 0 Å². The quantitative estimate of drug-likeness (QED) is 0.852. The van der Waals surface area contributed by atoms with E-state index in [9.17, 15) is 0 Å². The van der Waals surface area contributed by atoms with Crippen LogP contribution in [-0.4, -0.2) is 19.7 Å². The zero-order valence-corrected chi connectivity index (χ0v) is 11.4. The molecular formula is C13H21N5. The zero-order chi connectivity index (χ0) is 13.1. The lowest BCUT2D eigenvalue weighted by molar-refractivity contribution is 0.440. The zero-order valence-electron chi connectivity index (χ0n) is 11.4. The fourth-order valence-electron chi connectivity index (χ4n) is 2.29. The van der Waals surface area contributed by atoms with Crippen LogP contribution in [0.15, 0.2) is 18.6 Å². The molecule has 2 heterocycles. The van der Waals surface area contributed by atoms with E-state index in [0.29, 0.717) is 0 Å². The number of hydrogen-bond acceptors (Lipinski definition) is 3. The largest absolute Gasteiger partial charge is 0.347 e. The highest BCUT2D eigenvalue weighted by molar-refractivity contribution is 5.19. The maximum atomic E-state index is 4.38. The molecule has 0 aliphatic rings. The van der Waals surface area contributed by atoms with Crippen molar-refractivity contribution in [2.75, 3.05) is 0 Å². The molecular weight excluding hydrogens is 226 g/mol. The number of rotatable bonds is 5. The van der Waals surface area contributed by atoms with Gasteiger partial charge >= 0.3 is 0 Å². The van der Waals surface area contributed by atoms with Crippen LogP contribution in [0.1, 0.15) is 49.4 Å². The number of imidazole rings is 1. The van der Waals surface area contributed by atoms with Gasteiger partial charge in [0.25, 0.3) is 0 Å². The normalized spacial score (nSPS) is 14.7. The van der Waals surface area contributed by atoms with Crippen LogP contribution in [0, 0.1) is 6.92 Å². The van der Waals surface area contributed by atoms with E-state index in [0.717, 1.165) is 17.9 Å². The summed E-state index contributed by atoms with van der Waals surface area (Å²) in [6, 6.07) is 0.503. The molecule has 0 saturated carbocycles. The van der Waals surface area contributed by atoms with E-state index >= 15 is 0 Å². The summed E-state index contributed by atoms with van der Waals surface area (Å²) in [6.45, 7) is 6.36. The fraction of sp³-hybridized carbons (Fsp3) is 0.538. The lowest BCUT2D eigenvalue weighted by Gasteiger charge is -2.20. The topological polar surface area (TPSA) is 58.5 Å². The monoisotopic (exact) mass is 247 g/mol. The van der Waals surface area contributed by atoms with Crippen LogP contribution in [0.2, 0.25) is 0 Å². The molecule has 0 bridgehead atoms. The summed E-state index contributed by atoms with van der Waals surface area (Å²) in [5.41, 5.74) is 2.31. The number of nitrogens with one attached hydrogen (secondary N) is 2. The molecule has 0 fully saturated rings. The van der Waals surface area contributed by atoms with Gasteiger partial charge in [0.1, 0.15) is 5.82 Å². The molecule has 5 nitrogen and oxygen atoms in total. The smallest absolute Gasteiger partial charge is 0.123 e. The molecule has 2 atom stereocenters. The third-order valence-electron chi connectivity index (χ3n) is 3.23. The van der Waals surface area contributed by atoms with Gasteiger partial charge in [-0.3, -0.25) is 4.68 Å². The number of aromatic amines is 1. The van der Waals surface area contributed by atoms with Gasteiger partial charge in [0, 0.05) is 37.2 Å². The molecule has 2 unspecified atom stereocenters. The molecule has 2 rings (SSSR count). The Labute approximate surface area is 108 Å². The van der Waals surface area contributed by atoms with E-state index in [1.165, 1.54) is 5.56 Å². The maximum absolute atomic E-state index is 4.38. The van der Waals surface area contributed by atoms with Crippen molar-refractivity contribution in [2.45, 2.75) is 39.3 Å². The predicted octanol–water partition coefficient (Wildman–Crippen LogP) is 2.25. The van der Waals surface area contributed by atoms with Crippen molar-refractivity contribution < 1.29 is 0 Å². The Balaban J connectivity index is 2.10. The molecule has 5 heteroatoms. The van der Waals surface area contributed by atoms with Gasteiger partial charge in [-0.25, -0.2) is 4.98 Å². The molecule has 0 amide bonds. The van der Waals surface area contributed by atoms with E-state index in [1.54, 1.807) is 6.20 Å². The lowest BCUT2D eigenvalue weighted by atomic mass is 10.1. The van der Waals surface area contributed by atoms with Crippen LogP contribution >= 0.6 is 0 Å². The van der Waals surface area contributed by atoms with Crippen molar-refractivity contribution in [1.29, 1.82) is 0 Å². The van der Waals surface area contributed by atoms with Crippen molar-refractivity contribution in [3.8, 4) is 0 Å². The lowest BCUT2D eigenvalue weighted by Crippen LogP contribution is -2.25. The highest BCUT2D eigenvalue weighted by atomic mass is 15.3. The molecule has 18 heavy (non-hydrogen) atoms. The van der Waals surface area contributed by atoms with Gasteiger partial charge in [-0.05, 0) is 20.3 Å². The second kappa shape index (κ2) is 5.35. The van der Waals surface area contributed by atoms with Gasteiger partial charge in [0.05, 0.1) is 11.7 Å². The highest BCUT2D eigenvalue weighted by Crippen LogP contribution is 2.21. The third-order valence-corrected chi connectivity index (χ3v) is 3.23. The van der Waals surface area contributed by atoms with Crippen molar-refractivity contribution in [3.05, 3.63) is 35.7 Å². The Hall–Kier alpha value is -1.62. The molecule has 2 N–H and O–H groups in total. The Morgan fingerprint density at radius 1 is 1.50 bits per heavy atom. The first kappa shape index (κ1) is 12.8. The molecule has 2 aromatic heterocycles. The SMILES string of the molecule is CCC(NC(C)c1cn(C)nc1C)c1ncc[nH]1. The van der Waals surface area contributed by atoms with Crippen LogP contribution in [0.5, 0.6) is 0 Å². The molecule has 0 radical (unpaired) electrons. The van der Waals surface area contributed by atoms with Crippen molar-refractivity contribution in [1.82, 2.24) is 25.1 Å². The first-order chi connectivity index (χ1) is 8.61. The summed E-state index contributed by atoms with van der Waals surface area (Å²) < 4.78 is 1.86. The van der Waals surface area contributed by atoms with Crippen molar-refractivity contribution in [2.24, 2.45) is 7.05 Å². The van der Waals surface area contributed by atoms with E-state index in [1.807, 2.05) is 24.9 Å².